The number of ketones is 1. The van der Waals surface area contributed by atoms with Crippen LogP contribution in [0.3, 0.4) is 0 Å². The number of carbonyl (C=O) groups excluding carboxylic acids is 1. The highest BCUT2D eigenvalue weighted by Gasteiger charge is 2.52. The second kappa shape index (κ2) is 10.3. The van der Waals surface area contributed by atoms with Crippen LogP contribution in [-0.2, 0) is 16.8 Å². The third-order valence-corrected chi connectivity index (χ3v) is 7.26. The molecule has 5 nitrogen and oxygen atoms in total. The number of hydrogen-bond acceptors (Lipinski definition) is 5. The smallest absolute Gasteiger partial charge is 0.252 e. The standard InChI is InChI=1S/C34H28N2O3/c37-31(26-15-7-2-8-16-26)29-21-22-30(35-23-25-13-5-1-6-14-25)34(38)32(29)36-33(24-39-34,27-17-9-3-10-18-27)28-19-11-4-12-20-28/h1-22,35,38H,23-24H2. The number of Topliss-reactive ketones (excluding diaryl/α,β-unsaturated/α-hetero) is 1. The number of hydrogen-bond donors (Lipinski definition) is 2. The molecular formula is C34H28N2O3. The monoisotopic (exact) mass is 512 g/mol. The van der Waals surface area contributed by atoms with E-state index in [1.54, 1.807) is 24.3 Å². The van der Waals surface area contributed by atoms with Gasteiger partial charge in [0.2, 0.25) is 0 Å². The van der Waals surface area contributed by atoms with E-state index in [0.717, 1.165) is 16.7 Å². The highest BCUT2D eigenvalue weighted by molar-refractivity contribution is 6.31. The van der Waals surface area contributed by atoms with Gasteiger partial charge in [0.15, 0.2) is 5.78 Å². The van der Waals surface area contributed by atoms with Crippen molar-refractivity contribution in [2.45, 2.75) is 17.9 Å². The number of nitrogens with zero attached hydrogens (tertiary/aromatic N) is 1. The normalized spacial score (nSPS) is 19.7. The fraction of sp³-hybridized carbons (Fsp3) is 0.118. The second-order valence-corrected chi connectivity index (χ2v) is 9.68. The van der Waals surface area contributed by atoms with E-state index in [-0.39, 0.29) is 18.1 Å². The molecule has 6 rings (SSSR count). The summed E-state index contributed by atoms with van der Waals surface area (Å²) in [5.74, 6) is -2.15. The Kier molecular flexibility index (Phi) is 6.53. The molecule has 0 radical (unpaired) electrons. The second-order valence-electron chi connectivity index (χ2n) is 9.68. The quantitative estimate of drug-likeness (QED) is 0.317. The molecule has 4 aromatic carbocycles. The van der Waals surface area contributed by atoms with Crippen LogP contribution in [0.25, 0.3) is 0 Å². The first-order chi connectivity index (χ1) is 19.1. The number of aliphatic hydroxyl groups is 1. The third-order valence-electron chi connectivity index (χ3n) is 7.26. The summed E-state index contributed by atoms with van der Waals surface area (Å²) >= 11 is 0. The summed E-state index contributed by atoms with van der Waals surface area (Å²) < 4.78 is 6.41. The summed E-state index contributed by atoms with van der Waals surface area (Å²) in [7, 11) is 0. The van der Waals surface area contributed by atoms with Crippen LogP contribution < -0.4 is 5.32 Å². The lowest BCUT2D eigenvalue weighted by atomic mass is 9.80. The summed E-state index contributed by atoms with van der Waals surface area (Å²) in [4.78, 5) is 19.1. The number of benzene rings is 4. The van der Waals surface area contributed by atoms with Crippen molar-refractivity contribution in [3.63, 3.8) is 0 Å². The molecule has 1 aliphatic heterocycles. The van der Waals surface area contributed by atoms with Crippen molar-refractivity contribution in [1.82, 2.24) is 5.32 Å². The van der Waals surface area contributed by atoms with Crippen LogP contribution >= 0.6 is 0 Å². The fourth-order valence-electron chi connectivity index (χ4n) is 5.17. The minimum absolute atomic E-state index is 0.0815. The van der Waals surface area contributed by atoms with Crippen LogP contribution in [0, 0.1) is 0 Å². The lowest BCUT2D eigenvalue weighted by Gasteiger charge is -2.44. The Morgan fingerprint density at radius 1 is 0.769 bits per heavy atom. The van der Waals surface area contributed by atoms with Gasteiger partial charge in [-0.1, -0.05) is 121 Å². The zero-order valence-corrected chi connectivity index (χ0v) is 21.3. The van der Waals surface area contributed by atoms with Crippen molar-refractivity contribution in [1.29, 1.82) is 0 Å². The first-order valence-electron chi connectivity index (χ1n) is 13.0. The van der Waals surface area contributed by atoms with Crippen molar-refractivity contribution >= 4 is 11.5 Å². The van der Waals surface area contributed by atoms with Gasteiger partial charge < -0.3 is 15.2 Å². The number of carbonyl (C=O) groups is 1. The van der Waals surface area contributed by atoms with Gasteiger partial charge in [0, 0.05) is 17.7 Å². The number of nitrogens with one attached hydrogen (secondary N) is 1. The summed E-state index contributed by atoms with van der Waals surface area (Å²) in [5.41, 5.74) is 3.34. The minimum Gasteiger partial charge on any atom is -0.380 e. The van der Waals surface area contributed by atoms with Crippen LogP contribution in [0.2, 0.25) is 0 Å². The summed E-state index contributed by atoms with van der Waals surface area (Å²) in [5, 5.41) is 15.5. The highest BCUT2D eigenvalue weighted by atomic mass is 16.6. The Morgan fingerprint density at radius 2 is 1.31 bits per heavy atom. The molecule has 192 valence electrons. The van der Waals surface area contributed by atoms with Gasteiger partial charge in [-0.05, 0) is 28.8 Å². The zero-order chi connectivity index (χ0) is 26.7. The van der Waals surface area contributed by atoms with E-state index in [2.05, 4.69) is 5.32 Å². The number of rotatable bonds is 7. The molecule has 2 aliphatic rings. The molecule has 0 saturated heterocycles. The predicted octanol–water partition coefficient (Wildman–Crippen LogP) is 5.59. The predicted molar refractivity (Wildman–Crippen MR) is 152 cm³/mol. The van der Waals surface area contributed by atoms with Crippen molar-refractivity contribution < 1.29 is 14.6 Å². The van der Waals surface area contributed by atoms with E-state index in [1.165, 1.54) is 0 Å². The van der Waals surface area contributed by atoms with Gasteiger partial charge in [0.1, 0.15) is 11.3 Å². The van der Waals surface area contributed by atoms with Crippen LogP contribution in [0.15, 0.2) is 150 Å². The average molecular weight is 513 g/mol. The Hall–Kier alpha value is -4.58. The van der Waals surface area contributed by atoms with Gasteiger partial charge in [0.25, 0.3) is 5.79 Å². The van der Waals surface area contributed by atoms with Gasteiger partial charge in [-0.2, -0.15) is 0 Å². The van der Waals surface area contributed by atoms with Crippen LogP contribution in [-0.4, -0.2) is 29.0 Å². The molecule has 0 bridgehead atoms. The van der Waals surface area contributed by atoms with Gasteiger partial charge in [-0.25, -0.2) is 0 Å². The Morgan fingerprint density at radius 3 is 1.90 bits per heavy atom. The van der Waals surface area contributed by atoms with E-state index < -0.39 is 11.3 Å². The maximum atomic E-state index is 13.8. The van der Waals surface area contributed by atoms with Gasteiger partial charge in [0.05, 0.1) is 12.3 Å². The summed E-state index contributed by atoms with van der Waals surface area (Å²) in [6.45, 7) is 0.558. The van der Waals surface area contributed by atoms with Gasteiger partial charge >= 0.3 is 0 Å². The Balaban J connectivity index is 1.51. The van der Waals surface area contributed by atoms with Crippen LogP contribution in [0.4, 0.5) is 0 Å². The molecule has 1 unspecified atom stereocenters. The number of ether oxygens (including phenoxy) is 1. The molecule has 39 heavy (non-hydrogen) atoms. The van der Waals surface area contributed by atoms with E-state index in [4.69, 9.17) is 9.73 Å². The average Bonchev–Trinajstić information content (AvgIpc) is 3.01. The van der Waals surface area contributed by atoms with E-state index in [9.17, 15) is 9.90 Å². The zero-order valence-electron chi connectivity index (χ0n) is 21.3. The van der Waals surface area contributed by atoms with E-state index in [1.807, 2.05) is 109 Å². The molecule has 1 atom stereocenters. The topological polar surface area (TPSA) is 70.9 Å². The maximum Gasteiger partial charge on any atom is 0.252 e. The molecule has 5 heteroatoms. The highest BCUT2D eigenvalue weighted by Crippen LogP contribution is 2.43. The maximum absolute atomic E-state index is 13.8. The van der Waals surface area contributed by atoms with Crippen molar-refractivity contribution in [2.24, 2.45) is 4.99 Å². The molecule has 0 saturated carbocycles. The molecule has 4 aromatic rings. The molecule has 0 amide bonds. The van der Waals surface area contributed by atoms with Gasteiger partial charge in [-0.15, -0.1) is 0 Å². The molecule has 2 N–H and O–H groups in total. The Labute approximate surface area is 227 Å². The molecule has 1 aliphatic carbocycles. The molecule has 0 aromatic heterocycles. The van der Waals surface area contributed by atoms with Gasteiger partial charge in [-0.3, -0.25) is 9.79 Å². The first kappa shape index (κ1) is 24.7. The summed E-state index contributed by atoms with van der Waals surface area (Å²) in [6, 6.07) is 38.7. The fourth-order valence-corrected chi connectivity index (χ4v) is 5.17. The SMILES string of the molecule is O=C(C1=CC=C(NCc2ccccc2)C2(O)OCC(c3ccccc3)(c3ccccc3)N=C12)c1ccccc1. The first-order valence-corrected chi connectivity index (χ1v) is 13.0. The number of fused-ring (bicyclic) bond motifs is 1. The summed E-state index contributed by atoms with van der Waals surface area (Å²) in [6.07, 6.45) is 3.45. The van der Waals surface area contributed by atoms with Crippen molar-refractivity contribution in [3.05, 3.63) is 167 Å². The lowest BCUT2D eigenvalue weighted by Crippen LogP contribution is -2.57. The van der Waals surface area contributed by atoms with E-state index in [0.29, 0.717) is 23.4 Å². The Bertz CT molecular complexity index is 1520. The van der Waals surface area contributed by atoms with Crippen molar-refractivity contribution in [3.8, 4) is 0 Å². The molecule has 0 spiro atoms. The van der Waals surface area contributed by atoms with Crippen molar-refractivity contribution in [2.75, 3.05) is 6.61 Å². The van der Waals surface area contributed by atoms with E-state index >= 15 is 0 Å². The number of allylic oxidation sites excluding steroid dienone is 2. The number of aliphatic imine (C=N–C) groups is 1. The lowest BCUT2D eigenvalue weighted by molar-refractivity contribution is -0.145. The minimum atomic E-state index is -1.92. The van der Waals surface area contributed by atoms with Crippen LogP contribution in [0.5, 0.6) is 0 Å². The molecule has 1 heterocycles. The molecular weight excluding hydrogens is 484 g/mol. The largest absolute Gasteiger partial charge is 0.380 e. The third kappa shape index (κ3) is 4.52. The van der Waals surface area contributed by atoms with Crippen LogP contribution in [0.1, 0.15) is 27.0 Å². The molecule has 0 fully saturated rings.